The molecule has 0 aliphatic carbocycles. The van der Waals surface area contributed by atoms with Gasteiger partial charge >= 0.3 is 5.97 Å². The van der Waals surface area contributed by atoms with Gasteiger partial charge in [-0.1, -0.05) is 11.6 Å². The van der Waals surface area contributed by atoms with Gasteiger partial charge in [0.15, 0.2) is 0 Å². The number of nitrogens with zero attached hydrogens (tertiary/aromatic N) is 1. The van der Waals surface area contributed by atoms with Gasteiger partial charge in [-0.2, -0.15) is 0 Å². The van der Waals surface area contributed by atoms with Crippen LogP contribution in [0.5, 0.6) is 5.75 Å². The number of aromatic nitrogens is 1. The van der Waals surface area contributed by atoms with E-state index in [1.807, 2.05) is 22.8 Å². The van der Waals surface area contributed by atoms with Crippen LogP contribution in [0.1, 0.15) is 22.5 Å². The first kappa shape index (κ1) is 19.5. The van der Waals surface area contributed by atoms with Crippen LogP contribution in [0.25, 0.3) is 16.9 Å². The summed E-state index contributed by atoms with van der Waals surface area (Å²) in [5, 5.41) is 9.63. The number of hydrogen-bond donors (Lipinski definition) is 2. The molecule has 1 amide bonds. The first-order chi connectivity index (χ1) is 13.4. The maximum Gasteiger partial charge on any atom is 0.303 e. The molecule has 6 nitrogen and oxygen atoms in total. The molecule has 0 unspecified atom stereocenters. The third-order valence-corrected chi connectivity index (χ3v) is 4.64. The zero-order valence-corrected chi connectivity index (χ0v) is 15.9. The Balaban J connectivity index is 2.16. The number of hydrogen-bond acceptors (Lipinski definition) is 3. The van der Waals surface area contributed by atoms with Gasteiger partial charge in [-0.05, 0) is 61.0 Å². The fourth-order valence-corrected chi connectivity index (χ4v) is 3.24. The summed E-state index contributed by atoms with van der Waals surface area (Å²) in [4.78, 5) is 22.4. The highest BCUT2D eigenvalue weighted by atomic mass is 35.5. The Morgan fingerprint density at radius 3 is 2.43 bits per heavy atom. The Kier molecular flexibility index (Phi) is 5.70. The number of rotatable bonds is 7. The summed E-state index contributed by atoms with van der Waals surface area (Å²) in [5.41, 5.74) is 8.96. The molecule has 0 aliphatic heterocycles. The maximum absolute atomic E-state index is 11.4. The van der Waals surface area contributed by atoms with E-state index >= 15 is 0 Å². The number of methoxy groups -OCH3 is 1. The molecule has 0 fully saturated rings. The minimum atomic E-state index is -0.873. The van der Waals surface area contributed by atoms with Crippen molar-refractivity contribution in [3.63, 3.8) is 0 Å². The van der Waals surface area contributed by atoms with E-state index < -0.39 is 11.9 Å². The number of carbonyl (C=O) groups is 2. The molecule has 0 atom stereocenters. The van der Waals surface area contributed by atoms with Crippen LogP contribution in [-0.4, -0.2) is 28.7 Å². The Hall–Kier alpha value is -3.25. The van der Waals surface area contributed by atoms with Crippen molar-refractivity contribution in [2.45, 2.75) is 12.8 Å². The summed E-state index contributed by atoms with van der Waals surface area (Å²) in [5.74, 6) is -0.780. The first-order valence-corrected chi connectivity index (χ1v) is 8.95. The van der Waals surface area contributed by atoms with Crippen molar-refractivity contribution in [2.24, 2.45) is 5.73 Å². The summed E-state index contributed by atoms with van der Waals surface area (Å²) in [6.07, 6.45) is 0.351. The molecule has 0 radical (unpaired) electrons. The molecule has 0 aliphatic rings. The molecule has 0 spiro atoms. The third-order valence-electron chi connectivity index (χ3n) is 4.41. The van der Waals surface area contributed by atoms with E-state index in [4.69, 9.17) is 27.2 Å². The number of carboxylic acids is 1. The van der Waals surface area contributed by atoms with Gasteiger partial charge in [0.25, 0.3) is 0 Å². The highest BCUT2D eigenvalue weighted by Gasteiger charge is 2.17. The van der Waals surface area contributed by atoms with Gasteiger partial charge in [0.05, 0.1) is 19.2 Å². The fraction of sp³-hybridized carbons (Fsp3) is 0.143. The molecular weight excluding hydrogens is 380 g/mol. The standard InChI is InChI=1S/C21H19ClN2O4/c1-28-19-12-14(22)4-9-17(19)18-10-7-16(8-11-20(25)26)24(18)15-5-2-13(3-6-15)21(23)27/h2-7,9-10,12H,8,11H2,1H3,(H2,23,27)(H,25,26). The summed E-state index contributed by atoms with van der Waals surface area (Å²) in [6, 6.07) is 16.0. The van der Waals surface area contributed by atoms with Crippen molar-refractivity contribution < 1.29 is 19.4 Å². The number of nitrogens with two attached hydrogens (primary N) is 1. The molecule has 1 heterocycles. The Morgan fingerprint density at radius 2 is 1.82 bits per heavy atom. The molecule has 3 aromatic rings. The number of ether oxygens (including phenoxy) is 1. The number of carbonyl (C=O) groups excluding carboxylic acids is 1. The van der Waals surface area contributed by atoms with E-state index in [9.17, 15) is 9.59 Å². The number of halogens is 1. The third kappa shape index (κ3) is 4.02. The number of primary amides is 1. The lowest BCUT2D eigenvalue weighted by Crippen LogP contribution is -2.11. The van der Waals surface area contributed by atoms with E-state index in [2.05, 4.69) is 0 Å². The van der Waals surface area contributed by atoms with Gasteiger partial charge < -0.3 is 20.1 Å². The van der Waals surface area contributed by atoms with Crippen LogP contribution in [0.15, 0.2) is 54.6 Å². The number of benzene rings is 2. The van der Waals surface area contributed by atoms with Crippen molar-refractivity contribution >= 4 is 23.5 Å². The molecular formula is C21H19ClN2O4. The van der Waals surface area contributed by atoms with Crippen LogP contribution in [0.3, 0.4) is 0 Å². The molecule has 144 valence electrons. The van der Waals surface area contributed by atoms with Gasteiger partial charge in [-0.15, -0.1) is 0 Å². The van der Waals surface area contributed by atoms with Crippen LogP contribution in [0.2, 0.25) is 5.02 Å². The number of carboxylic acid groups (broad SMARTS) is 1. The maximum atomic E-state index is 11.4. The summed E-state index contributed by atoms with van der Waals surface area (Å²) >= 11 is 6.08. The van der Waals surface area contributed by atoms with Crippen molar-refractivity contribution in [2.75, 3.05) is 7.11 Å². The van der Waals surface area contributed by atoms with Crippen LogP contribution >= 0.6 is 11.6 Å². The van der Waals surface area contributed by atoms with Gasteiger partial charge in [0.1, 0.15) is 5.75 Å². The Bertz CT molecular complexity index is 1030. The Labute approximate surface area is 167 Å². The van der Waals surface area contributed by atoms with Crippen molar-refractivity contribution in [3.05, 3.63) is 70.9 Å². The predicted molar refractivity (Wildman–Crippen MR) is 107 cm³/mol. The topological polar surface area (TPSA) is 94.6 Å². The largest absolute Gasteiger partial charge is 0.496 e. The van der Waals surface area contributed by atoms with Crippen molar-refractivity contribution in [1.82, 2.24) is 4.57 Å². The second-order valence-corrected chi connectivity index (χ2v) is 6.63. The molecule has 0 bridgehead atoms. The minimum Gasteiger partial charge on any atom is -0.496 e. The van der Waals surface area contributed by atoms with E-state index in [-0.39, 0.29) is 6.42 Å². The van der Waals surface area contributed by atoms with E-state index in [0.29, 0.717) is 22.8 Å². The number of aryl methyl sites for hydroxylation is 1. The summed E-state index contributed by atoms with van der Waals surface area (Å²) < 4.78 is 7.42. The van der Waals surface area contributed by atoms with E-state index in [1.54, 1.807) is 43.5 Å². The zero-order valence-electron chi connectivity index (χ0n) is 15.2. The van der Waals surface area contributed by atoms with Gasteiger partial charge in [-0.3, -0.25) is 9.59 Å². The normalized spacial score (nSPS) is 10.6. The minimum absolute atomic E-state index is 0.000571. The van der Waals surface area contributed by atoms with Crippen molar-refractivity contribution in [1.29, 1.82) is 0 Å². The fourth-order valence-electron chi connectivity index (χ4n) is 3.08. The number of aliphatic carboxylic acids is 1. The van der Waals surface area contributed by atoms with Crippen molar-refractivity contribution in [3.8, 4) is 22.7 Å². The summed E-state index contributed by atoms with van der Waals surface area (Å²) in [6.45, 7) is 0. The second-order valence-electron chi connectivity index (χ2n) is 6.19. The number of amides is 1. The molecule has 1 aromatic heterocycles. The second kappa shape index (κ2) is 8.19. The molecule has 3 rings (SSSR count). The van der Waals surface area contributed by atoms with Crippen LogP contribution in [0, 0.1) is 0 Å². The smallest absolute Gasteiger partial charge is 0.303 e. The SMILES string of the molecule is COc1cc(Cl)ccc1-c1ccc(CCC(=O)O)n1-c1ccc(C(N)=O)cc1. The van der Waals surface area contributed by atoms with Gasteiger partial charge in [0, 0.05) is 27.5 Å². The van der Waals surface area contributed by atoms with Gasteiger partial charge in [-0.25, -0.2) is 0 Å². The predicted octanol–water partition coefficient (Wildman–Crippen LogP) is 3.92. The van der Waals surface area contributed by atoms with Crippen LogP contribution < -0.4 is 10.5 Å². The monoisotopic (exact) mass is 398 g/mol. The lowest BCUT2D eigenvalue weighted by Gasteiger charge is -2.16. The zero-order chi connectivity index (χ0) is 20.3. The molecule has 0 saturated heterocycles. The van der Waals surface area contributed by atoms with Gasteiger partial charge in [0.2, 0.25) is 5.91 Å². The van der Waals surface area contributed by atoms with E-state index in [1.165, 1.54) is 0 Å². The highest BCUT2D eigenvalue weighted by Crippen LogP contribution is 2.35. The average Bonchev–Trinajstić information content (AvgIpc) is 3.09. The molecule has 2 aromatic carbocycles. The highest BCUT2D eigenvalue weighted by molar-refractivity contribution is 6.30. The lowest BCUT2D eigenvalue weighted by molar-refractivity contribution is -0.136. The molecule has 7 heteroatoms. The van der Waals surface area contributed by atoms with Crippen LogP contribution in [-0.2, 0) is 11.2 Å². The molecule has 0 saturated carbocycles. The molecule has 28 heavy (non-hydrogen) atoms. The van der Waals surface area contributed by atoms with E-state index in [0.717, 1.165) is 22.6 Å². The van der Waals surface area contributed by atoms with Crippen LogP contribution in [0.4, 0.5) is 0 Å². The quantitative estimate of drug-likeness (QED) is 0.630. The summed E-state index contributed by atoms with van der Waals surface area (Å²) in [7, 11) is 1.56. The molecule has 3 N–H and O–H groups in total. The average molecular weight is 399 g/mol. The lowest BCUT2D eigenvalue weighted by atomic mass is 10.1. The first-order valence-electron chi connectivity index (χ1n) is 8.57. The Morgan fingerprint density at radius 1 is 1.11 bits per heavy atom.